The molecule has 0 saturated carbocycles. The number of rotatable bonds is 9. The average molecular weight is 592 g/mol. The van der Waals surface area contributed by atoms with Crippen molar-refractivity contribution in [2.24, 2.45) is 0 Å². The van der Waals surface area contributed by atoms with E-state index in [9.17, 15) is 4.79 Å². The van der Waals surface area contributed by atoms with Crippen LogP contribution in [0.4, 0.5) is 28.7 Å². The van der Waals surface area contributed by atoms with Crippen molar-refractivity contribution in [2.45, 2.75) is 18.5 Å². The van der Waals surface area contributed by atoms with Gasteiger partial charge in [-0.15, -0.1) is 0 Å². The minimum Gasteiger partial charge on any atom is -0.494 e. The summed E-state index contributed by atoms with van der Waals surface area (Å²) in [6.07, 6.45) is 3.57. The van der Waals surface area contributed by atoms with Crippen molar-refractivity contribution in [1.82, 2.24) is 14.9 Å². The lowest BCUT2D eigenvalue weighted by atomic mass is 10.0. The molecule has 2 N–H and O–H groups in total. The van der Waals surface area contributed by atoms with Gasteiger partial charge in [0.15, 0.2) is 5.82 Å². The Hall–Kier alpha value is -3.90. The van der Waals surface area contributed by atoms with Crippen molar-refractivity contribution in [3.8, 4) is 5.75 Å². The van der Waals surface area contributed by atoms with Crippen LogP contribution in [-0.2, 0) is 14.4 Å². The summed E-state index contributed by atoms with van der Waals surface area (Å²) in [5.41, 5.74) is 3.28. The normalized spacial score (nSPS) is 19.3. The van der Waals surface area contributed by atoms with E-state index in [0.29, 0.717) is 46.4 Å². The molecule has 0 aliphatic carbocycles. The lowest BCUT2D eigenvalue weighted by Gasteiger charge is -2.43. The van der Waals surface area contributed by atoms with Gasteiger partial charge in [-0.1, -0.05) is 30.3 Å². The molecule has 12 heteroatoms. The van der Waals surface area contributed by atoms with Crippen molar-refractivity contribution >= 4 is 46.2 Å². The molecule has 0 radical (unpaired) electrons. The minimum absolute atomic E-state index is 0.00293. The fraction of sp³-hybridized carbons (Fsp3) is 0.367. The average Bonchev–Trinajstić information content (AvgIpc) is 3.48. The first-order valence-electron chi connectivity index (χ1n) is 14.0. The number of benzene rings is 2. The number of carbonyl (C=O) groups is 1. The fourth-order valence-corrected chi connectivity index (χ4v) is 5.63. The topological polar surface area (TPSA) is 104 Å². The molecule has 1 amide bonds. The number of ether oxygens (including phenoxy) is 2. The quantitative estimate of drug-likeness (QED) is 0.348. The molecule has 3 aromatic rings. The van der Waals surface area contributed by atoms with E-state index in [0.717, 1.165) is 57.1 Å². The van der Waals surface area contributed by atoms with Gasteiger partial charge in [-0.3, -0.25) is 14.5 Å². The van der Waals surface area contributed by atoms with Gasteiger partial charge in [0.05, 0.1) is 56.1 Å². The number of nitrogens with one attached hydrogen (secondary N) is 2. The van der Waals surface area contributed by atoms with Crippen molar-refractivity contribution < 1.29 is 19.1 Å². The molecule has 220 valence electrons. The van der Waals surface area contributed by atoms with Crippen LogP contribution in [0.25, 0.3) is 0 Å². The summed E-state index contributed by atoms with van der Waals surface area (Å²) in [4.78, 5) is 32.0. The summed E-state index contributed by atoms with van der Waals surface area (Å²) in [5, 5.41) is 8.83. The lowest BCUT2D eigenvalue weighted by molar-refractivity contribution is -0.111. The van der Waals surface area contributed by atoms with Crippen molar-refractivity contribution in [2.75, 3.05) is 73.7 Å². The van der Waals surface area contributed by atoms with Crippen LogP contribution in [0.2, 0.25) is 5.02 Å². The predicted molar refractivity (Wildman–Crippen MR) is 163 cm³/mol. The lowest BCUT2D eigenvalue weighted by Crippen LogP contribution is -2.56. The number of piperazine rings is 1. The smallest absolute Gasteiger partial charge is 0.247 e. The van der Waals surface area contributed by atoms with Crippen molar-refractivity contribution in [1.29, 1.82) is 0 Å². The molecule has 4 heterocycles. The maximum atomic E-state index is 12.4. The summed E-state index contributed by atoms with van der Waals surface area (Å²) in [7, 11) is 1.63. The number of methoxy groups -OCH3 is 1. The zero-order chi connectivity index (χ0) is 29.1. The van der Waals surface area contributed by atoms with Crippen LogP contribution in [0.5, 0.6) is 5.75 Å². The molecule has 3 aliphatic rings. The first-order chi connectivity index (χ1) is 20.5. The van der Waals surface area contributed by atoms with Gasteiger partial charge in [0, 0.05) is 49.8 Å². The van der Waals surface area contributed by atoms with E-state index in [4.69, 9.17) is 25.9 Å². The highest BCUT2D eigenvalue weighted by molar-refractivity contribution is 6.30. The van der Waals surface area contributed by atoms with Crippen LogP contribution >= 0.6 is 11.6 Å². The molecule has 0 unspecified atom stereocenters. The standard InChI is InChI=1S/C30H34ClN7O4/c1-3-30(39)35-23-14-24(27(40-2)15-26(23)37-11-9-36(10-12-37)22-17-41-18-22)34-28-16-29(33-19-32-28)38-25(8-13-42-38)20-4-6-21(31)7-5-20/h3-7,14-16,19,22,25H,1,8-13,17-18H2,2H3,(H,35,39)(H,32,33,34)/t25-/m1/s1. The number of hydrogen-bond acceptors (Lipinski definition) is 10. The second-order valence-corrected chi connectivity index (χ2v) is 10.8. The Morgan fingerprint density at radius 3 is 2.57 bits per heavy atom. The monoisotopic (exact) mass is 591 g/mol. The van der Waals surface area contributed by atoms with Crippen LogP contribution in [0, 0.1) is 0 Å². The second-order valence-electron chi connectivity index (χ2n) is 10.4. The largest absolute Gasteiger partial charge is 0.494 e. The third-order valence-corrected chi connectivity index (χ3v) is 8.11. The van der Waals surface area contributed by atoms with E-state index in [-0.39, 0.29) is 11.9 Å². The predicted octanol–water partition coefficient (Wildman–Crippen LogP) is 4.41. The Morgan fingerprint density at radius 1 is 1.10 bits per heavy atom. The van der Waals surface area contributed by atoms with Gasteiger partial charge in [0.2, 0.25) is 5.91 Å². The third kappa shape index (κ3) is 6.00. The summed E-state index contributed by atoms with van der Waals surface area (Å²) >= 11 is 6.10. The van der Waals surface area contributed by atoms with E-state index in [2.05, 4.69) is 37.0 Å². The molecule has 6 rings (SSSR count). The number of amides is 1. The van der Waals surface area contributed by atoms with Crippen LogP contribution < -0.4 is 25.3 Å². The molecule has 3 aliphatic heterocycles. The van der Waals surface area contributed by atoms with E-state index in [1.54, 1.807) is 7.11 Å². The number of halogens is 1. The van der Waals surface area contributed by atoms with E-state index >= 15 is 0 Å². The van der Waals surface area contributed by atoms with Crippen LogP contribution in [0.1, 0.15) is 18.0 Å². The zero-order valence-electron chi connectivity index (χ0n) is 23.5. The first-order valence-corrected chi connectivity index (χ1v) is 14.4. The van der Waals surface area contributed by atoms with Gasteiger partial charge in [0.25, 0.3) is 0 Å². The molecular formula is C30H34ClN7O4. The molecule has 0 spiro atoms. The molecule has 2 aromatic carbocycles. The SMILES string of the molecule is C=CC(=O)Nc1cc(Nc2cc(N3OCC[C@@H]3c3ccc(Cl)cc3)ncn2)c(OC)cc1N1CCN(C2COC2)CC1. The highest BCUT2D eigenvalue weighted by Crippen LogP contribution is 2.40. The molecule has 1 aromatic heterocycles. The summed E-state index contributed by atoms with van der Waals surface area (Å²) in [5.74, 6) is 1.50. The van der Waals surface area contributed by atoms with Crippen LogP contribution in [0.15, 0.2) is 61.4 Å². The van der Waals surface area contributed by atoms with Gasteiger partial charge < -0.3 is 25.0 Å². The summed E-state index contributed by atoms with van der Waals surface area (Å²) < 4.78 is 11.2. The molecule has 3 fully saturated rings. The number of nitrogens with zero attached hydrogens (tertiary/aromatic N) is 5. The number of carbonyl (C=O) groups excluding carboxylic acids is 1. The Balaban J connectivity index is 1.25. The van der Waals surface area contributed by atoms with E-state index in [1.165, 1.54) is 12.4 Å². The molecule has 3 saturated heterocycles. The minimum atomic E-state index is -0.290. The second kappa shape index (κ2) is 12.5. The Bertz CT molecular complexity index is 1430. The molecule has 11 nitrogen and oxygen atoms in total. The van der Waals surface area contributed by atoms with Crippen molar-refractivity contribution in [3.05, 3.63) is 72.0 Å². The van der Waals surface area contributed by atoms with Gasteiger partial charge in [0.1, 0.15) is 17.9 Å². The number of anilines is 5. The fourth-order valence-electron chi connectivity index (χ4n) is 5.50. The Kier molecular flexibility index (Phi) is 8.43. The third-order valence-electron chi connectivity index (χ3n) is 7.85. The van der Waals surface area contributed by atoms with Crippen LogP contribution in [-0.4, -0.2) is 79.9 Å². The van der Waals surface area contributed by atoms with E-state index < -0.39 is 0 Å². The highest BCUT2D eigenvalue weighted by atomic mass is 35.5. The molecule has 0 bridgehead atoms. The molecule has 42 heavy (non-hydrogen) atoms. The Morgan fingerprint density at radius 2 is 1.88 bits per heavy atom. The highest BCUT2D eigenvalue weighted by Gasteiger charge is 2.31. The number of hydroxylamine groups is 1. The number of hydrogen-bond donors (Lipinski definition) is 2. The maximum absolute atomic E-state index is 12.4. The van der Waals surface area contributed by atoms with E-state index in [1.807, 2.05) is 47.5 Å². The van der Waals surface area contributed by atoms with Gasteiger partial charge in [-0.05, 0) is 29.8 Å². The summed E-state index contributed by atoms with van der Waals surface area (Å²) in [6, 6.07) is 13.9. The van der Waals surface area contributed by atoms with Crippen LogP contribution in [0.3, 0.4) is 0 Å². The maximum Gasteiger partial charge on any atom is 0.247 e. The number of aromatic nitrogens is 2. The Labute approximate surface area is 250 Å². The molecular weight excluding hydrogens is 558 g/mol. The first kappa shape index (κ1) is 28.2. The van der Waals surface area contributed by atoms with Crippen molar-refractivity contribution in [3.63, 3.8) is 0 Å². The van der Waals surface area contributed by atoms with Gasteiger partial charge >= 0.3 is 0 Å². The van der Waals surface area contributed by atoms with Gasteiger partial charge in [-0.25, -0.2) is 15.0 Å². The molecule has 1 atom stereocenters. The van der Waals surface area contributed by atoms with Gasteiger partial charge in [-0.2, -0.15) is 0 Å². The zero-order valence-corrected chi connectivity index (χ0v) is 24.2. The summed E-state index contributed by atoms with van der Waals surface area (Å²) in [6.45, 7) is 9.28.